The molecule has 0 aliphatic carbocycles. The molecular formula is C18H15NO3. The second kappa shape index (κ2) is 5.85. The summed E-state index contributed by atoms with van der Waals surface area (Å²) in [4.78, 5) is 16.1. The van der Waals surface area contributed by atoms with Crippen molar-refractivity contribution in [1.29, 1.82) is 0 Å². The van der Waals surface area contributed by atoms with Gasteiger partial charge in [-0.05, 0) is 18.2 Å². The van der Waals surface area contributed by atoms with Gasteiger partial charge in [-0.2, -0.15) is 0 Å². The molecule has 0 fully saturated rings. The Kier molecular flexibility index (Phi) is 3.74. The Balaban J connectivity index is 2.37. The molecule has 0 unspecified atom stereocenters. The van der Waals surface area contributed by atoms with Gasteiger partial charge in [-0.3, -0.25) is 4.79 Å². The Hall–Kier alpha value is -2.88. The van der Waals surface area contributed by atoms with Gasteiger partial charge in [-0.15, -0.1) is 0 Å². The molecule has 4 heteroatoms. The maximum Gasteiger partial charge on any atom is 0.152 e. The van der Waals surface area contributed by atoms with E-state index in [0.717, 1.165) is 17.2 Å². The number of rotatable bonds is 4. The highest BCUT2D eigenvalue weighted by Crippen LogP contribution is 2.35. The number of carbonyl (C=O) groups is 1. The molecule has 3 rings (SSSR count). The number of hydrogen-bond donors (Lipinski definition) is 0. The molecule has 0 N–H and O–H groups in total. The van der Waals surface area contributed by atoms with Gasteiger partial charge in [-0.1, -0.05) is 30.3 Å². The Morgan fingerprint density at radius 2 is 1.64 bits per heavy atom. The van der Waals surface area contributed by atoms with Crippen molar-refractivity contribution in [2.45, 2.75) is 0 Å². The number of ether oxygens (including phenoxy) is 2. The largest absolute Gasteiger partial charge is 0.496 e. The molecule has 0 amide bonds. The van der Waals surface area contributed by atoms with Crippen LogP contribution in [-0.2, 0) is 0 Å². The number of nitrogens with zero attached hydrogens (tertiary/aromatic N) is 1. The first-order valence-electron chi connectivity index (χ1n) is 6.85. The molecule has 0 radical (unpaired) electrons. The number of carbonyl (C=O) groups excluding carboxylic acids is 1. The van der Waals surface area contributed by atoms with E-state index in [0.29, 0.717) is 28.3 Å². The Labute approximate surface area is 128 Å². The minimum Gasteiger partial charge on any atom is -0.496 e. The number of aromatic nitrogens is 1. The van der Waals surface area contributed by atoms with Crippen molar-refractivity contribution in [2.24, 2.45) is 0 Å². The number of aldehydes is 1. The lowest BCUT2D eigenvalue weighted by molar-refractivity contribution is 0.112. The van der Waals surface area contributed by atoms with E-state index in [2.05, 4.69) is 4.98 Å². The van der Waals surface area contributed by atoms with Crippen LogP contribution in [0.2, 0.25) is 0 Å². The zero-order chi connectivity index (χ0) is 15.5. The van der Waals surface area contributed by atoms with Gasteiger partial charge < -0.3 is 9.47 Å². The van der Waals surface area contributed by atoms with Crippen LogP contribution >= 0.6 is 0 Å². The topological polar surface area (TPSA) is 48.4 Å². The van der Waals surface area contributed by atoms with Crippen LogP contribution in [-0.4, -0.2) is 25.5 Å². The monoisotopic (exact) mass is 293 g/mol. The first-order valence-corrected chi connectivity index (χ1v) is 6.85. The van der Waals surface area contributed by atoms with Gasteiger partial charge in [0.15, 0.2) is 6.29 Å². The van der Waals surface area contributed by atoms with Gasteiger partial charge in [0.2, 0.25) is 0 Å². The summed E-state index contributed by atoms with van der Waals surface area (Å²) >= 11 is 0. The molecule has 2 aromatic carbocycles. The maximum absolute atomic E-state index is 11.5. The van der Waals surface area contributed by atoms with Crippen molar-refractivity contribution in [2.75, 3.05) is 14.2 Å². The third-order valence-corrected chi connectivity index (χ3v) is 3.55. The van der Waals surface area contributed by atoms with Crippen LogP contribution in [0.4, 0.5) is 0 Å². The Morgan fingerprint density at radius 3 is 2.27 bits per heavy atom. The van der Waals surface area contributed by atoms with E-state index in [-0.39, 0.29) is 0 Å². The van der Waals surface area contributed by atoms with Crippen LogP contribution in [0.1, 0.15) is 10.4 Å². The fourth-order valence-electron chi connectivity index (χ4n) is 2.48. The van der Waals surface area contributed by atoms with Gasteiger partial charge in [0.1, 0.15) is 17.0 Å². The summed E-state index contributed by atoms with van der Waals surface area (Å²) in [5, 5.41) is 0.753. The number of benzene rings is 2. The van der Waals surface area contributed by atoms with Crippen LogP contribution in [0.3, 0.4) is 0 Å². The minimum atomic E-state index is 0.519. The minimum absolute atomic E-state index is 0.519. The molecule has 0 saturated carbocycles. The van der Waals surface area contributed by atoms with Crippen molar-refractivity contribution in [3.63, 3.8) is 0 Å². The van der Waals surface area contributed by atoms with Crippen molar-refractivity contribution < 1.29 is 14.3 Å². The van der Waals surface area contributed by atoms with Gasteiger partial charge in [0.05, 0.1) is 19.9 Å². The van der Waals surface area contributed by atoms with E-state index in [9.17, 15) is 4.79 Å². The van der Waals surface area contributed by atoms with Gasteiger partial charge >= 0.3 is 0 Å². The number of pyridine rings is 1. The molecular weight excluding hydrogens is 278 g/mol. The standard InChI is InChI=1S/C18H15NO3/c1-21-15-8-9-16(22-2)18-14(15)10-13(11-20)17(19-18)12-6-4-3-5-7-12/h3-11H,1-2H3. The maximum atomic E-state index is 11.5. The lowest BCUT2D eigenvalue weighted by Gasteiger charge is -2.12. The first kappa shape index (κ1) is 14.1. The van der Waals surface area contributed by atoms with E-state index >= 15 is 0 Å². The highest BCUT2D eigenvalue weighted by atomic mass is 16.5. The molecule has 1 heterocycles. The average Bonchev–Trinajstić information content (AvgIpc) is 2.60. The van der Waals surface area contributed by atoms with Crippen LogP contribution in [0.25, 0.3) is 22.2 Å². The molecule has 0 saturated heterocycles. The van der Waals surface area contributed by atoms with Crippen LogP contribution < -0.4 is 9.47 Å². The van der Waals surface area contributed by atoms with E-state index < -0.39 is 0 Å². The summed E-state index contributed by atoms with van der Waals surface area (Å²) in [5.74, 6) is 1.30. The second-order valence-corrected chi connectivity index (χ2v) is 4.78. The lowest BCUT2D eigenvalue weighted by atomic mass is 10.0. The van der Waals surface area contributed by atoms with E-state index in [4.69, 9.17) is 9.47 Å². The van der Waals surface area contributed by atoms with Gasteiger partial charge in [0, 0.05) is 16.5 Å². The molecule has 0 aliphatic rings. The summed E-state index contributed by atoms with van der Waals surface area (Å²) in [6.45, 7) is 0. The quantitative estimate of drug-likeness (QED) is 0.688. The highest BCUT2D eigenvalue weighted by Gasteiger charge is 2.14. The summed E-state index contributed by atoms with van der Waals surface area (Å²) < 4.78 is 10.7. The lowest BCUT2D eigenvalue weighted by Crippen LogP contribution is -1.97. The summed E-state index contributed by atoms with van der Waals surface area (Å²) in [5.41, 5.74) is 2.71. The van der Waals surface area contributed by atoms with Gasteiger partial charge in [0.25, 0.3) is 0 Å². The van der Waals surface area contributed by atoms with Crippen molar-refractivity contribution >= 4 is 17.2 Å². The molecule has 1 aromatic heterocycles. The molecule has 22 heavy (non-hydrogen) atoms. The molecule has 4 nitrogen and oxygen atoms in total. The highest BCUT2D eigenvalue weighted by molar-refractivity contribution is 5.98. The van der Waals surface area contributed by atoms with Crippen molar-refractivity contribution in [3.05, 3.63) is 54.1 Å². The number of fused-ring (bicyclic) bond motifs is 1. The molecule has 3 aromatic rings. The predicted octanol–water partition coefficient (Wildman–Crippen LogP) is 3.73. The summed E-state index contributed by atoms with van der Waals surface area (Å²) in [6, 6.07) is 15.0. The zero-order valence-electron chi connectivity index (χ0n) is 12.4. The molecule has 0 bridgehead atoms. The summed E-state index contributed by atoms with van der Waals surface area (Å²) in [6.07, 6.45) is 0.813. The van der Waals surface area contributed by atoms with Crippen LogP contribution in [0.15, 0.2) is 48.5 Å². The van der Waals surface area contributed by atoms with Crippen molar-refractivity contribution in [1.82, 2.24) is 4.98 Å². The fraction of sp³-hybridized carbons (Fsp3) is 0.111. The SMILES string of the molecule is COc1ccc(OC)c2nc(-c3ccccc3)c(C=O)cc12. The third kappa shape index (κ3) is 2.29. The normalized spacial score (nSPS) is 10.5. The average molecular weight is 293 g/mol. The Bertz CT molecular complexity index is 829. The Morgan fingerprint density at radius 1 is 0.955 bits per heavy atom. The summed E-state index contributed by atoms with van der Waals surface area (Å²) in [7, 11) is 3.19. The third-order valence-electron chi connectivity index (χ3n) is 3.55. The van der Waals surface area contributed by atoms with Crippen molar-refractivity contribution in [3.8, 4) is 22.8 Å². The van der Waals surface area contributed by atoms with E-state index in [1.54, 1.807) is 26.4 Å². The van der Waals surface area contributed by atoms with E-state index in [1.807, 2.05) is 36.4 Å². The van der Waals surface area contributed by atoms with Gasteiger partial charge in [-0.25, -0.2) is 4.98 Å². The zero-order valence-corrected chi connectivity index (χ0v) is 12.4. The number of methoxy groups -OCH3 is 2. The molecule has 0 aliphatic heterocycles. The van der Waals surface area contributed by atoms with Crippen LogP contribution in [0, 0.1) is 0 Å². The smallest absolute Gasteiger partial charge is 0.152 e. The molecule has 0 atom stereocenters. The van der Waals surface area contributed by atoms with E-state index in [1.165, 1.54) is 0 Å². The number of hydrogen-bond acceptors (Lipinski definition) is 4. The fourth-order valence-corrected chi connectivity index (χ4v) is 2.48. The van der Waals surface area contributed by atoms with Crippen LogP contribution in [0.5, 0.6) is 11.5 Å². The predicted molar refractivity (Wildman–Crippen MR) is 85.7 cm³/mol. The molecule has 110 valence electrons. The second-order valence-electron chi connectivity index (χ2n) is 4.78. The molecule has 0 spiro atoms. The first-order chi connectivity index (χ1) is 10.8.